The lowest BCUT2D eigenvalue weighted by molar-refractivity contribution is 0.146. The zero-order valence-electron chi connectivity index (χ0n) is 11.0. The molecule has 2 heterocycles. The molecule has 6 heteroatoms. The maximum absolute atomic E-state index is 9.67. The highest BCUT2D eigenvalue weighted by Crippen LogP contribution is 2.09. The van der Waals surface area contributed by atoms with E-state index in [4.69, 9.17) is 0 Å². The van der Waals surface area contributed by atoms with E-state index >= 15 is 0 Å². The standard InChI is InChI=1S/C12H22N4O.ClH/c1-9(2)16-11(3-4-15-16)7-13-5-10-6-14-8-12(10)17;/h3-4,9-10,12-14,17H,5-8H2,1-2H3;1H. The molecule has 1 fully saturated rings. The molecule has 1 aliphatic rings. The summed E-state index contributed by atoms with van der Waals surface area (Å²) in [7, 11) is 0. The normalized spacial score (nSPS) is 23.3. The van der Waals surface area contributed by atoms with Crippen LogP contribution in [-0.2, 0) is 6.54 Å². The van der Waals surface area contributed by atoms with Crippen molar-refractivity contribution < 1.29 is 5.11 Å². The number of halogens is 1. The van der Waals surface area contributed by atoms with Crippen molar-refractivity contribution in [1.29, 1.82) is 0 Å². The smallest absolute Gasteiger partial charge is 0.0716 e. The van der Waals surface area contributed by atoms with E-state index in [1.165, 1.54) is 5.69 Å². The van der Waals surface area contributed by atoms with Crippen molar-refractivity contribution in [2.75, 3.05) is 19.6 Å². The van der Waals surface area contributed by atoms with Gasteiger partial charge < -0.3 is 15.7 Å². The summed E-state index contributed by atoms with van der Waals surface area (Å²) in [5.41, 5.74) is 1.19. The van der Waals surface area contributed by atoms with E-state index in [0.717, 1.165) is 26.2 Å². The minimum Gasteiger partial charge on any atom is -0.391 e. The molecule has 5 nitrogen and oxygen atoms in total. The highest BCUT2D eigenvalue weighted by atomic mass is 35.5. The van der Waals surface area contributed by atoms with E-state index in [9.17, 15) is 5.11 Å². The lowest BCUT2D eigenvalue weighted by Crippen LogP contribution is -2.30. The fraction of sp³-hybridized carbons (Fsp3) is 0.750. The van der Waals surface area contributed by atoms with E-state index in [-0.39, 0.29) is 18.5 Å². The van der Waals surface area contributed by atoms with E-state index in [0.29, 0.717) is 12.0 Å². The molecule has 1 saturated heterocycles. The van der Waals surface area contributed by atoms with Gasteiger partial charge in [-0.05, 0) is 19.9 Å². The molecular weight excluding hydrogens is 252 g/mol. The first-order valence-electron chi connectivity index (χ1n) is 6.30. The van der Waals surface area contributed by atoms with Crippen LogP contribution in [0.1, 0.15) is 25.6 Å². The Morgan fingerprint density at radius 2 is 2.33 bits per heavy atom. The number of hydrogen-bond acceptors (Lipinski definition) is 4. The summed E-state index contributed by atoms with van der Waals surface area (Å²) < 4.78 is 2.02. The van der Waals surface area contributed by atoms with Gasteiger partial charge in [0.25, 0.3) is 0 Å². The Labute approximate surface area is 114 Å². The Kier molecular flexibility index (Phi) is 6.08. The van der Waals surface area contributed by atoms with E-state index in [1.54, 1.807) is 0 Å². The van der Waals surface area contributed by atoms with Gasteiger partial charge in [0.2, 0.25) is 0 Å². The summed E-state index contributed by atoms with van der Waals surface area (Å²) in [5, 5.41) is 20.5. The Hall–Kier alpha value is -0.620. The minimum atomic E-state index is -0.211. The molecule has 1 aromatic heterocycles. The molecule has 2 unspecified atom stereocenters. The molecule has 3 N–H and O–H groups in total. The summed E-state index contributed by atoms with van der Waals surface area (Å²) in [6, 6.07) is 2.43. The highest BCUT2D eigenvalue weighted by molar-refractivity contribution is 5.85. The summed E-state index contributed by atoms with van der Waals surface area (Å²) in [4.78, 5) is 0. The van der Waals surface area contributed by atoms with Gasteiger partial charge in [-0.15, -0.1) is 12.4 Å². The minimum absolute atomic E-state index is 0. The molecule has 2 rings (SSSR count). The zero-order valence-corrected chi connectivity index (χ0v) is 11.8. The average molecular weight is 275 g/mol. The molecule has 0 amide bonds. The van der Waals surface area contributed by atoms with Crippen LogP contribution in [0.2, 0.25) is 0 Å². The molecular formula is C12H23ClN4O. The van der Waals surface area contributed by atoms with E-state index in [1.807, 2.05) is 16.9 Å². The molecule has 18 heavy (non-hydrogen) atoms. The predicted molar refractivity (Wildman–Crippen MR) is 73.9 cm³/mol. The molecule has 0 radical (unpaired) electrons. The Morgan fingerprint density at radius 1 is 1.56 bits per heavy atom. The first-order valence-corrected chi connectivity index (χ1v) is 6.30. The first kappa shape index (κ1) is 15.4. The third-order valence-electron chi connectivity index (χ3n) is 3.26. The second-order valence-electron chi connectivity index (χ2n) is 4.98. The van der Waals surface area contributed by atoms with Crippen LogP contribution in [0.4, 0.5) is 0 Å². The van der Waals surface area contributed by atoms with Crippen LogP contribution >= 0.6 is 12.4 Å². The number of hydrogen-bond donors (Lipinski definition) is 3. The summed E-state index contributed by atoms with van der Waals surface area (Å²) in [6.45, 7) is 7.52. The number of aliphatic hydroxyl groups excluding tert-OH is 1. The Balaban J connectivity index is 0.00000162. The van der Waals surface area contributed by atoms with Crippen molar-refractivity contribution in [3.8, 4) is 0 Å². The molecule has 0 aliphatic carbocycles. The molecule has 0 saturated carbocycles. The lowest BCUT2D eigenvalue weighted by Gasteiger charge is -2.15. The van der Waals surface area contributed by atoms with Crippen molar-refractivity contribution in [2.24, 2.45) is 5.92 Å². The van der Waals surface area contributed by atoms with Crippen molar-refractivity contribution in [3.05, 3.63) is 18.0 Å². The van der Waals surface area contributed by atoms with Gasteiger partial charge in [-0.1, -0.05) is 0 Å². The number of aromatic nitrogens is 2. The molecule has 0 spiro atoms. The highest BCUT2D eigenvalue weighted by Gasteiger charge is 2.24. The van der Waals surface area contributed by atoms with Gasteiger partial charge in [-0.25, -0.2) is 0 Å². The zero-order chi connectivity index (χ0) is 12.3. The lowest BCUT2D eigenvalue weighted by atomic mass is 10.1. The van der Waals surface area contributed by atoms with E-state index in [2.05, 4.69) is 29.6 Å². The van der Waals surface area contributed by atoms with E-state index < -0.39 is 0 Å². The van der Waals surface area contributed by atoms with Crippen LogP contribution in [-0.4, -0.2) is 40.6 Å². The topological polar surface area (TPSA) is 62.1 Å². The number of nitrogens with one attached hydrogen (secondary N) is 2. The molecule has 0 aromatic carbocycles. The fourth-order valence-electron chi connectivity index (χ4n) is 2.26. The molecule has 1 aliphatic heterocycles. The van der Waals surface area contributed by atoms with Gasteiger partial charge in [0.05, 0.1) is 11.8 Å². The fourth-order valence-corrected chi connectivity index (χ4v) is 2.26. The maximum atomic E-state index is 9.67. The largest absolute Gasteiger partial charge is 0.391 e. The molecule has 104 valence electrons. The molecule has 1 aromatic rings. The Morgan fingerprint density at radius 3 is 2.94 bits per heavy atom. The van der Waals surface area contributed by atoms with Crippen LogP contribution in [0, 0.1) is 5.92 Å². The molecule has 0 bridgehead atoms. The van der Waals surface area contributed by atoms with Crippen LogP contribution in [0.15, 0.2) is 12.3 Å². The van der Waals surface area contributed by atoms with Gasteiger partial charge >= 0.3 is 0 Å². The number of aliphatic hydroxyl groups is 1. The van der Waals surface area contributed by atoms with Gasteiger partial charge in [-0.2, -0.15) is 5.10 Å². The summed E-state index contributed by atoms with van der Waals surface area (Å²) >= 11 is 0. The second kappa shape index (κ2) is 7.09. The van der Waals surface area contributed by atoms with Gasteiger partial charge in [-0.3, -0.25) is 4.68 Å². The monoisotopic (exact) mass is 274 g/mol. The predicted octanol–water partition coefficient (Wildman–Crippen LogP) is 0.556. The van der Waals surface area contributed by atoms with Gasteiger partial charge in [0.1, 0.15) is 0 Å². The van der Waals surface area contributed by atoms with Crippen molar-refractivity contribution in [1.82, 2.24) is 20.4 Å². The second-order valence-corrected chi connectivity index (χ2v) is 4.98. The third-order valence-corrected chi connectivity index (χ3v) is 3.26. The summed E-state index contributed by atoms with van der Waals surface area (Å²) in [5.74, 6) is 0.324. The van der Waals surface area contributed by atoms with Crippen LogP contribution < -0.4 is 10.6 Å². The van der Waals surface area contributed by atoms with Crippen molar-refractivity contribution >= 4 is 12.4 Å². The third kappa shape index (κ3) is 3.68. The number of nitrogens with zero attached hydrogens (tertiary/aromatic N) is 2. The van der Waals surface area contributed by atoms with Crippen LogP contribution in [0.3, 0.4) is 0 Å². The summed E-state index contributed by atoms with van der Waals surface area (Å²) in [6.07, 6.45) is 1.63. The maximum Gasteiger partial charge on any atom is 0.0716 e. The molecule has 2 atom stereocenters. The number of β-amino-alcohol motifs (C(OH)–C–C–N with tert-alkyl or cyclic N) is 1. The van der Waals surface area contributed by atoms with Gasteiger partial charge in [0.15, 0.2) is 0 Å². The van der Waals surface area contributed by atoms with Crippen LogP contribution in [0.25, 0.3) is 0 Å². The van der Waals surface area contributed by atoms with Crippen molar-refractivity contribution in [2.45, 2.75) is 32.5 Å². The van der Waals surface area contributed by atoms with Crippen LogP contribution in [0.5, 0.6) is 0 Å². The van der Waals surface area contributed by atoms with Gasteiger partial charge in [0, 0.05) is 44.3 Å². The first-order chi connectivity index (χ1) is 8.18. The average Bonchev–Trinajstić information content (AvgIpc) is 2.88. The quantitative estimate of drug-likeness (QED) is 0.734. The number of rotatable bonds is 5. The van der Waals surface area contributed by atoms with Crippen molar-refractivity contribution in [3.63, 3.8) is 0 Å². The Bertz CT molecular complexity index is 356. The SMILES string of the molecule is CC(C)n1nccc1CNCC1CNCC1O.Cl.